The smallest absolute Gasteiger partial charge is 0.173 e. The molecule has 2 nitrogen and oxygen atoms in total. The average Bonchev–Trinajstić information content (AvgIpc) is 2.10. The van der Waals surface area contributed by atoms with Crippen molar-refractivity contribution in [2.75, 3.05) is 0 Å². The fourth-order valence-corrected chi connectivity index (χ4v) is 12.6. The summed E-state index contributed by atoms with van der Waals surface area (Å²) < 4.78 is 12.2. The van der Waals surface area contributed by atoms with Crippen LogP contribution in [0.25, 0.3) is 0 Å². The Labute approximate surface area is 109 Å². The van der Waals surface area contributed by atoms with Crippen molar-refractivity contribution in [2.45, 2.75) is 64.2 Å². The molecule has 0 radical (unpaired) electrons. The van der Waals surface area contributed by atoms with E-state index in [1.807, 2.05) is 0 Å². The Bertz CT molecular complexity index is 192. The zero-order valence-electron chi connectivity index (χ0n) is 12.2. The normalized spacial score (nSPS) is 16.7. The van der Waals surface area contributed by atoms with Crippen LogP contribution in [0.2, 0.25) is 50.4 Å². The lowest BCUT2D eigenvalue weighted by molar-refractivity contribution is 0.560. The van der Waals surface area contributed by atoms with Gasteiger partial charge in [0.25, 0.3) is 0 Å². The molecule has 0 bridgehead atoms. The number of rotatable bonds is 8. The Balaban J connectivity index is 3.89. The first-order valence-corrected chi connectivity index (χ1v) is 15.9. The minimum Gasteiger partial charge on any atom is -0.460 e. The van der Waals surface area contributed by atoms with Gasteiger partial charge in [-0.1, -0.05) is 13.8 Å². The van der Waals surface area contributed by atoms with E-state index < -0.39 is 16.6 Å². The van der Waals surface area contributed by atoms with Gasteiger partial charge in [0.15, 0.2) is 16.6 Å². The van der Waals surface area contributed by atoms with E-state index >= 15 is 0 Å². The molecule has 0 aromatic heterocycles. The van der Waals surface area contributed by atoms with Gasteiger partial charge >= 0.3 is 0 Å². The third kappa shape index (κ3) is 9.97. The van der Waals surface area contributed by atoms with Crippen LogP contribution in [0.3, 0.4) is 0 Å². The molecular formula is C10H30O2Si4. The van der Waals surface area contributed by atoms with Crippen LogP contribution in [0.1, 0.15) is 13.8 Å². The summed E-state index contributed by atoms with van der Waals surface area (Å²) in [6.45, 7) is 16.2. The highest BCUT2D eigenvalue weighted by atomic mass is 28.4. The van der Waals surface area contributed by atoms with Crippen molar-refractivity contribution in [1.82, 2.24) is 0 Å². The zero-order chi connectivity index (χ0) is 12.8. The van der Waals surface area contributed by atoms with E-state index in [1.54, 1.807) is 0 Å². The second-order valence-corrected chi connectivity index (χ2v) is 19.9. The standard InChI is InChI=1S/C10H30O2Si4/c1-8-13-11-16(6,7)9-10(2)14-12-15(3,4)5/h10H,8-9,13-14H2,1-7H3. The predicted molar refractivity (Wildman–Crippen MR) is 84.8 cm³/mol. The van der Waals surface area contributed by atoms with Gasteiger partial charge in [-0.15, -0.1) is 0 Å². The lowest BCUT2D eigenvalue weighted by Crippen LogP contribution is -2.35. The van der Waals surface area contributed by atoms with Gasteiger partial charge in [-0.25, -0.2) is 0 Å². The quantitative estimate of drug-likeness (QED) is 0.640. The van der Waals surface area contributed by atoms with Crippen LogP contribution in [0.5, 0.6) is 0 Å². The molecule has 0 fully saturated rings. The fourth-order valence-electron chi connectivity index (χ4n) is 1.73. The van der Waals surface area contributed by atoms with E-state index in [2.05, 4.69) is 46.6 Å². The van der Waals surface area contributed by atoms with Gasteiger partial charge in [-0.2, -0.15) is 0 Å². The molecule has 0 aliphatic heterocycles. The maximum Gasteiger partial charge on any atom is 0.173 e. The van der Waals surface area contributed by atoms with E-state index in [0.29, 0.717) is 0 Å². The number of hydrogen-bond donors (Lipinski definition) is 0. The first-order chi connectivity index (χ1) is 7.16. The number of hydrogen-bond acceptors (Lipinski definition) is 2. The van der Waals surface area contributed by atoms with E-state index in [0.717, 1.165) is 5.54 Å². The SMILES string of the molecule is CC[SiH2]O[Si](C)(C)CC(C)[SiH2]O[Si](C)(C)C. The molecule has 1 atom stereocenters. The van der Waals surface area contributed by atoms with Crippen LogP contribution in [-0.4, -0.2) is 36.2 Å². The molecular weight excluding hydrogens is 264 g/mol. The van der Waals surface area contributed by atoms with Crippen LogP contribution in [-0.2, 0) is 8.23 Å². The molecule has 0 aromatic carbocycles. The summed E-state index contributed by atoms with van der Waals surface area (Å²) in [5, 5.41) is 0. The second kappa shape index (κ2) is 7.27. The molecule has 6 heteroatoms. The first-order valence-electron chi connectivity index (χ1n) is 6.44. The highest BCUT2D eigenvalue weighted by molar-refractivity contribution is 6.77. The molecule has 0 N–H and O–H groups in total. The van der Waals surface area contributed by atoms with Gasteiger partial charge < -0.3 is 8.23 Å². The van der Waals surface area contributed by atoms with Gasteiger partial charge in [-0.3, -0.25) is 0 Å². The lowest BCUT2D eigenvalue weighted by atomic mass is 10.6. The Morgan fingerprint density at radius 1 is 1.06 bits per heavy atom. The Morgan fingerprint density at radius 3 is 2.06 bits per heavy atom. The molecule has 98 valence electrons. The first kappa shape index (κ1) is 16.8. The highest BCUT2D eigenvalue weighted by Crippen LogP contribution is 2.22. The van der Waals surface area contributed by atoms with Gasteiger partial charge in [0.1, 0.15) is 19.5 Å². The van der Waals surface area contributed by atoms with Gasteiger partial charge in [-0.05, 0) is 50.4 Å². The Hall–Kier alpha value is 0.788. The van der Waals surface area contributed by atoms with Crippen molar-refractivity contribution in [3.8, 4) is 0 Å². The lowest BCUT2D eigenvalue weighted by Gasteiger charge is -2.28. The van der Waals surface area contributed by atoms with Crippen molar-refractivity contribution in [3.05, 3.63) is 0 Å². The third-order valence-corrected chi connectivity index (χ3v) is 13.9. The van der Waals surface area contributed by atoms with Crippen molar-refractivity contribution in [2.24, 2.45) is 0 Å². The summed E-state index contributed by atoms with van der Waals surface area (Å²) in [4.78, 5) is 0. The summed E-state index contributed by atoms with van der Waals surface area (Å²) >= 11 is 0. The topological polar surface area (TPSA) is 18.5 Å². The van der Waals surface area contributed by atoms with Crippen molar-refractivity contribution >= 4 is 36.2 Å². The molecule has 0 spiro atoms. The molecule has 0 rings (SSSR count). The highest BCUT2D eigenvalue weighted by Gasteiger charge is 2.26. The van der Waals surface area contributed by atoms with Gasteiger partial charge in [0, 0.05) is 0 Å². The molecule has 0 saturated carbocycles. The summed E-state index contributed by atoms with van der Waals surface area (Å²) in [7, 11) is -3.19. The van der Waals surface area contributed by atoms with Crippen molar-refractivity contribution in [3.63, 3.8) is 0 Å². The molecule has 0 aromatic rings. The molecule has 0 aliphatic carbocycles. The van der Waals surface area contributed by atoms with E-state index in [4.69, 9.17) is 8.23 Å². The van der Waals surface area contributed by atoms with Crippen LogP contribution >= 0.6 is 0 Å². The van der Waals surface area contributed by atoms with Crippen LogP contribution in [0.4, 0.5) is 0 Å². The third-order valence-electron chi connectivity index (χ3n) is 2.34. The van der Waals surface area contributed by atoms with Crippen LogP contribution in [0, 0.1) is 0 Å². The Kier molecular flexibility index (Phi) is 7.63. The molecule has 1 unspecified atom stereocenters. The van der Waals surface area contributed by atoms with E-state index in [-0.39, 0.29) is 19.5 Å². The molecule has 0 aliphatic rings. The Morgan fingerprint density at radius 2 is 1.62 bits per heavy atom. The minimum atomic E-state index is -1.35. The largest absolute Gasteiger partial charge is 0.460 e. The maximum atomic E-state index is 6.14. The summed E-state index contributed by atoms with van der Waals surface area (Å²) in [5.74, 6) is 0. The van der Waals surface area contributed by atoms with E-state index in [9.17, 15) is 0 Å². The zero-order valence-corrected chi connectivity index (χ0v) is 17.1. The average molecular weight is 295 g/mol. The molecule has 0 saturated heterocycles. The maximum absolute atomic E-state index is 6.14. The van der Waals surface area contributed by atoms with Crippen LogP contribution in [0.15, 0.2) is 0 Å². The molecule has 0 heterocycles. The summed E-state index contributed by atoms with van der Waals surface area (Å²) in [6.07, 6.45) is 0. The molecule has 0 amide bonds. The summed E-state index contributed by atoms with van der Waals surface area (Å²) in [5.41, 5.74) is 0.791. The van der Waals surface area contributed by atoms with Crippen molar-refractivity contribution < 1.29 is 8.23 Å². The fraction of sp³-hybridized carbons (Fsp3) is 1.00. The second-order valence-electron chi connectivity index (χ2n) is 6.34. The minimum absolute atomic E-state index is 0.222. The van der Waals surface area contributed by atoms with Gasteiger partial charge in [0.05, 0.1) is 0 Å². The monoisotopic (exact) mass is 294 g/mol. The van der Waals surface area contributed by atoms with Crippen LogP contribution < -0.4 is 0 Å². The predicted octanol–water partition coefficient (Wildman–Crippen LogP) is 2.47. The van der Waals surface area contributed by atoms with Crippen molar-refractivity contribution in [1.29, 1.82) is 0 Å². The van der Waals surface area contributed by atoms with E-state index in [1.165, 1.54) is 12.1 Å². The summed E-state index contributed by atoms with van der Waals surface area (Å²) in [6, 6.07) is 2.57. The van der Waals surface area contributed by atoms with Gasteiger partial charge in [0.2, 0.25) is 0 Å². The molecule has 16 heavy (non-hydrogen) atoms.